The number of carbonyl (C=O) groups is 1. The highest BCUT2D eigenvalue weighted by atomic mass is 19.2. The summed E-state index contributed by atoms with van der Waals surface area (Å²) < 4.78 is 38.5. The highest BCUT2D eigenvalue weighted by molar-refractivity contribution is 5.68. The van der Waals surface area contributed by atoms with Crippen LogP contribution in [0.5, 0.6) is 0 Å². The summed E-state index contributed by atoms with van der Waals surface area (Å²) in [4.78, 5) is 14.1. The predicted molar refractivity (Wildman–Crippen MR) is 84.9 cm³/mol. The summed E-state index contributed by atoms with van der Waals surface area (Å²) in [7, 11) is 1.61. The minimum absolute atomic E-state index is 0.284. The van der Waals surface area contributed by atoms with Crippen LogP contribution in [0, 0.1) is 11.6 Å². The molecule has 0 aliphatic carbocycles. The summed E-state index contributed by atoms with van der Waals surface area (Å²) in [6.45, 7) is 7.65. The number of aromatic nitrogens is 1. The number of ether oxygens (including phenoxy) is 2. The predicted octanol–water partition coefficient (Wildman–Crippen LogP) is 2.16. The van der Waals surface area contributed by atoms with Gasteiger partial charge in [-0.15, -0.1) is 0 Å². The van der Waals surface area contributed by atoms with E-state index in [-0.39, 0.29) is 12.1 Å². The minimum atomic E-state index is -0.902. The molecule has 1 N–H and O–H groups in total. The van der Waals surface area contributed by atoms with Crippen LogP contribution < -0.4 is 5.32 Å². The van der Waals surface area contributed by atoms with E-state index >= 15 is 0 Å². The van der Waals surface area contributed by atoms with Crippen LogP contribution in [0.15, 0.2) is 12.4 Å². The maximum atomic E-state index is 13.4. The number of hydrogen-bond acceptors (Lipinski definition) is 4. The molecule has 0 unspecified atom stereocenters. The van der Waals surface area contributed by atoms with Gasteiger partial charge in [-0.25, -0.2) is 13.6 Å². The molecule has 6 nitrogen and oxygen atoms in total. The van der Waals surface area contributed by atoms with Crippen molar-refractivity contribution in [2.75, 3.05) is 33.4 Å². The quantitative estimate of drug-likeness (QED) is 0.889. The van der Waals surface area contributed by atoms with Crippen molar-refractivity contribution in [1.29, 1.82) is 0 Å². The highest BCUT2D eigenvalue weighted by Gasteiger charge is 2.36. The van der Waals surface area contributed by atoms with Gasteiger partial charge in [0.25, 0.3) is 0 Å². The summed E-state index contributed by atoms with van der Waals surface area (Å²) in [5.41, 5.74) is -0.612. The zero-order chi connectivity index (χ0) is 17.9. The zero-order valence-electron chi connectivity index (χ0n) is 14.5. The Balaban J connectivity index is 2.10. The molecule has 136 valence electrons. The minimum Gasteiger partial charge on any atom is -0.444 e. The lowest BCUT2D eigenvalue weighted by atomic mass is 10.1. The molecule has 1 amide bonds. The van der Waals surface area contributed by atoms with Crippen LogP contribution in [0.4, 0.5) is 13.6 Å². The number of nitrogens with zero attached hydrogens (tertiary/aromatic N) is 2. The molecule has 1 aliphatic heterocycles. The second-order valence-electron chi connectivity index (χ2n) is 6.97. The molecule has 2 atom stereocenters. The lowest BCUT2D eigenvalue weighted by Gasteiger charge is -2.24. The normalized spacial score (nSPS) is 21.9. The molecule has 8 heteroatoms. The SMILES string of the molecule is COCCN1C[C@@H](n2cc(F)c(F)c2)[C@H](NC(=O)OC(C)(C)C)C1. The second kappa shape index (κ2) is 7.48. The Morgan fingerprint density at radius 1 is 1.29 bits per heavy atom. The largest absolute Gasteiger partial charge is 0.444 e. The van der Waals surface area contributed by atoms with Crippen molar-refractivity contribution in [3.05, 3.63) is 24.0 Å². The molecular formula is C16H25F2N3O3. The first-order valence-electron chi connectivity index (χ1n) is 7.93. The molecular weight excluding hydrogens is 320 g/mol. The number of halogens is 2. The molecule has 0 saturated carbocycles. The maximum absolute atomic E-state index is 13.4. The number of likely N-dealkylation sites (tertiary alicyclic amines) is 1. The van der Waals surface area contributed by atoms with Gasteiger partial charge < -0.3 is 19.4 Å². The van der Waals surface area contributed by atoms with E-state index in [1.54, 1.807) is 27.9 Å². The molecule has 1 aromatic rings. The summed E-state index contributed by atoms with van der Waals surface area (Å²) in [6, 6.07) is -0.601. The fourth-order valence-corrected chi connectivity index (χ4v) is 2.79. The van der Waals surface area contributed by atoms with Gasteiger partial charge in [0.1, 0.15) is 5.60 Å². The second-order valence-corrected chi connectivity index (χ2v) is 6.97. The van der Waals surface area contributed by atoms with Gasteiger partial charge in [-0.1, -0.05) is 0 Å². The third-order valence-corrected chi connectivity index (χ3v) is 3.81. The van der Waals surface area contributed by atoms with Crippen molar-refractivity contribution < 1.29 is 23.0 Å². The van der Waals surface area contributed by atoms with Crippen molar-refractivity contribution in [2.45, 2.75) is 38.5 Å². The first kappa shape index (κ1) is 18.7. The van der Waals surface area contributed by atoms with Crippen molar-refractivity contribution >= 4 is 6.09 Å². The van der Waals surface area contributed by atoms with Gasteiger partial charge in [-0.05, 0) is 20.8 Å². The fraction of sp³-hybridized carbons (Fsp3) is 0.688. The average Bonchev–Trinajstić information content (AvgIpc) is 2.98. The highest BCUT2D eigenvalue weighted by Crippen LogP contribution is 2.24. The molecule has 1 fully saturated rings. The Morgan fingerprint density at radius 2 is 1.92 bits per heavy atom. The van der Waals surface area contributed by atoms with E-state index in [2.05, 4.69) is 10.2 Å². The molecule has 1 aromatic heterocycles. The lowest BCUT2D eigenvalue weighted by molar-refractivity contribution is 0.0496. The Bertz CT molecular complexity index is 552. The first-order chi connectivity index (χ1) is 11.2. The van der Waals surface area contributed by atoms with Crippen molar-refractivity contribution in [3.8, 4) is 0 Å². The van der Waals surface area contributed by atoms with E-state index in [9.17, 15) is 13.6 Å². The topological polar surface area (TPSA) is 55.7 Å². The van der Waals surface area contributed by atoms with Gasteiger partial charge in [0.2, 0.25) is 0 Å². The van der Waals surface area contributed by atoms with Crippen LogP contribution in [0.2, 0.25) is 0 Å². The van der Waals surface area contributed by atoms with E-state index in [0.717, 1.165) is 12.4 Å². The summed E-state index contributed by atoms with van der Waals surface area (Å²) in [5, 5.41) is 2.81. The molecule has 1 saturated heterocycles. The summed E-state index contributed by atoms with van der Waals surface area (Å²) in [5.74, 6) is -1.80. The number of alkyl carbamates (subject to hydrolysis) is 1. The monoisotopic (exact) mass is 345 g/mol. The smallest absolute Gasteiger partial charge is 0.407 e. The van der Waals surface area contributed by atoms with E-state index in [1.807, 2.05) is 0 Å². The summed E-state index contributed by atoms with van der Waals surface area (Å²) in [6.07, 6.45) is 1.69. The number of carbonyl (C=O) groups excluding carboxylic acids is 1. The average molecular weight is 345 g/mol. The van der Waals surface area contributed by atoms with E-state index in [4.69, 9.17) is 9.47 Å². The van der Waals surface area contributed by atoms with Crippen molar-refractivity contribution in [1.82, 2.24) is 14.8 Å². The van der Waals surface area contributed by atoms with Crippen molar-refractivity contribution in [2.24, 2.45) is 0 Å². The maximum Gasteiger partial charge on any atom is 0.407 e. The van der Waals surface area contributed by atoms with Gasteiger partial charge in [0.15, 0.2) is 11.6 Å². The van der Waals surface area contributed by atoms with E-state index in [0.29, 0.717) is 26.2 Å². The number of rotatable bonds is 5. The third kappa shape index (κ3) is 4.91. The molecule has 2 heterocycles. The van der Waals surface area contributed by atoms with Crippen LogP contribution in [-0.4, -0.2) is 60.6 Å². The summed E-state index contributed by atoms with van der Waals surface area (Å²) >= 11 is 0. The van der Waals surface area contributed by atoms with Gasteiger partial charge in [0, 0.05) is 39.1 Å². The molecule has 0 radical (unpaired) electrons. The molecule has 0 spiro atoms. The van der Waals surface area contributed by atoms with Gasteiger partial charge in [-0.3, -0.25) is 4.90 Å². The Hall–Kier alpha value is -1.67. The standard InChI is InChI=1S/C16H25F2N3O3/c1-16(2,3)24-15(22)19-13-9-20(5-6-23-4)10-14(13)21-7-11(17)12(18)8-21/h7-8,13-14H,5-6,9-10H2,1-4H3,(H,19,22)/t13-,14-/m1/s1. The molecule has 24 heavy (non-hydrogen) atoms. The fourth-order valence-electron chi connectivity index (χ4n) is 2.79. The van der Waals surface area contributed by atoms with Crippen LogP contribution in [0.1, 0.15) is 26.8 Å². The molecule has 0 bridgehead atoms. The van der Waals surface area contributed by atoms with Crippen LogP contribution in [0.25, 0.3) is 0 Å². The third-order valence-electron chi connectivity index (χ3n) is 3.81. The molecule has 1 aliphatic rings. The van der Waals surface area contributed by atoms with Crippen molar-refractivity contribution in [3.63, 3.8) is 0 Å². The van der Waals surface area contributed by atoms with Crippen LogP contribution in [0.3, 0.4) is 0 Å². The zero-order valence-corrected chi connectivity index (χ0v) is 14.5. The molecule has 2 rings (SSSR count). The number of nitrogens with one attached hydrogen (secondary N) is 1. The lowest BCUT2D eigenvalue weighted by Crippen LogP contribution is -2.43. The number of methoxy groups -OCH3 is 1. The van der Waals surface area contributed by atoms with E-state index in [1.165, 1.54) is 4.57 Å². The first-order valence-corrected chi connectivity index (χ1v) is 7.93. The Kier molecular flexibility index (Phi) is 5.82. The van der Waals surface area contributed by atoms with Crippen LogP contribution >= 0.6 is 0 Å². The van der Waals surface area contributed by atoms with Gasteiger partial charge >= 0.3 is 6.09 Å². The van der Waals surface area contributed by atoms with Crippen LogP contribution in [-0.2, 0) is 9.47 Å². The number of amides is 1. The van der Waals surface area contributed by atoms with Gasteiger partial charge in [-0.2, -0.15) is 0 Å². The molecule has 0 aromatic carbocycles. The Labute approximate surface area is 140 Å². The van der Waals surface area contributed by atoms with Gasteiger partial charge in [0.05, 0.1) is 18.7 Å². The van der Waals surface area contributed by atoms with E-state index < -0.39 is 23.3 Å². The Morgan fingerprint density at radius 3 is 2.46 bits per heavy atom. The number of hydrogen-bond donors (Lipinski definition) is 1.